The minimum atomic E-state index is -0.263. The lowest BCUT2D eigenvalue weighted by Gasteiger charge is -2.47. The van der Waals surface area contributed by atoms with Gasteiger partial charge in [-0.05, 0) is 43.5 Å². The molecule has 0 aromatic heterocycles. The molecule has 28 heavy (non-hydrogen) atoms. The Balaban J connectivity index is 1.63. The highest BCUT2D eigenvalue weighted by Crippen LogP contribution is 2.31. The molecule has 4 rings (SSSR count). The van der Waals surface area contributed by atoms with Crippen molar-refractivity contribution < 1.29 is 9.59 Å². The number of urea groups is 1. The summed E-state index contributed by atoms with van der Waals surface area (Å²) in [6, 6.07) is 15.3. The number of rotatable bonds is 4. The summed E-state index contributed by atoms with van der Waals surface area (Å²) in [7, 11) is 0. The van der Waals surface area contributed by atoms with Crippen LogP contribution in [0.1, 0.15) is 29.5 Å². The molecule has 2 heterocycles. The van der Waals surface area contributed by atoms with Crippen LogP contribution in [0.3, 0.4) is 0 Å². The van der Waals surface area contributed by atoms with Gasteiger partial charge in [-0.1, -0.05) is 59.6 Å². The van der Waals surface area contributed by atoms with E-state index in [9.17, 15) is 9.59 Å². The van der Waals surface area contributed by atoms with Crippen LogP contribution in [0, 0.1) is 12.8 Å². The van der Waals surface area contributed by atoms with Crippen LogP contribution in [-0.4, -0.2) is 34.4 Å². The van der Waals surface area contributed by atoms with Gasteiger partial charge in [0.25, 0.3) is 0 Å². The molecule has 2 atom stereocenters. The maximum atomic E-state index is 13.3. The summed E-state index contributed by atoms with van der Waals surface area (Å²) in [4.78, 5) is 29.6. The number of imide groups is 1. The Kier molecular flexibility index (Phi) is 5.38. The van der Waals surface area contributed by atoms with E-state index in [1.165, 1.54) is 10.5 Å². The number of nitrogens with zero attached hydrogens (tertiary/aromatic N) is 2. The smallest absolute Gasteiger partial charge is 0.304 e. The van der Waals surface area contributed by atoms with Gasteiger partial charge in [-0.15, -0.1) is 0 Å². The van der Waals surface area contributed by atoms with Crippen LogP contribution in [0.4, 0.5) is 4.79 Å². The third kappa shape index (κ3) is 3.64. The number of aryl methyl sites for hydroxylation is 1. The lowest BCUT2D eigenvalue weighted by molar-refractivity contribution is -0.142. The summed E-state index contributed by atoms with van der Waals surface area (Å²) >= 11 is 6.28. The van der Waals surface area contributed by atoms with Crippen molar-refractivity contribution >= 4 is 23.5 Å². The first-order valence-electron chi connectivity index (χ1n) is 9.69. The van der Waals surface area contributed by atoms with Gasteiger partial charge in [-0.2, -0.15) is 0 Å². The molecule has 3 amide bonds. The molecule has 0 saturated carbocycles. The highest BCUT2D eigenvalue weighted by Gasteiger charge is 2.47. The van der Waals surface area contributed by atoms with Crippen LogP contribution < -0.4 is 5.32 Å². The zero-order valence-electron chi connectivity index (χ0n) is 15.9. The number of carbonyl (C=O) groups excluding carboxylic acids is 2. The largest absolute Gasteiger partial charge is 0.328 e. The Bertz CT molecular complexity index is 884. The molecule has 2 aliphatic rings. The maximum Gasteiger partial charge on any atom is 0.328 e. The quantitative estimate of drug-likeness (QED) is 0.850. The average molecular weight is 398 g/mol. The van der Waals surface area contributed by atoms with E-state index in [2.05, 4.69) is 5.32 Å². The zero-order valence-corrected chi connectivity index (χ0v) is 16.7. The number of fused-ring (bicyclic) bond motifs is 1. The molecule has 6 heteroatoms. The molecular formula is C22H24ClN3O2. The van der Waals surface area contributed by atoms with E-state index >= 15 is 0 Å². The molecule has 0 radical (unpaired) electrons. The van der Waals surface area contributed by atoms with Crippen molar-refractivity contribution in [2.24, 2.45) is 5.92 Å². The first-order valence-corrected chi connectivity index (χ1v) is 10.1. The summed E-state index contributed by atoms with van der Waals surface area (Å²) in [5.74, 6) is -0.332. The van der Waals surface area contributed by atoms with Crippen LogP contribution in [0.15, 0.2) is 48.5 Å². The second kappa shape index (κ2) is 7.94. The van der Waals surface area contributed by atoms with Gasteiger partial charge in [-0.25, -0.2) is 4.79 Å². The fourth-order valence-corrected chi connectivity index (χ4v) is 4.22. The predicted molar refractivity (Wildman–Crippen MR) is 109 cm³/mol. The lowest BCUT2D eigenvalue weighted by atomic mass is 9.91. The van der Waals surface area contributed by atoms with E-state index in [0.717, 1.165) is 30.5 Å². The SMILES string of the molecule is Cc1ccc(CN2C(=O)N(Cc3ccccc3Cl)C(=O)C3CCCNC32)cc1. The molecule has 0 bridgehead atoms. The van der Waals surface area contributed by atoms with Crippen molar-refractivity contribution in [3.63, 3.8) is 0 Å². The Morgan fingerprint density at radius 2 is 1.82 bits per heavy atom. The van der Waals surface area contributed by atoms with E-state index in [1.54, 1.807) is 11.0 Å². The van der Waals surface area contributed by atoms with Crippen molar-refractivity contribution in [1.82, 2.24) is 15.1 Å². The molecule has 2 unspecified atom stereocenters. The summed E-state index contributed by atoms with van der Waals surface area (Å²) < 4.78 is 0. The molecule has 1 N–H and O–H groups in total. The molecular weight excluding hydrogens is 374 g/mol. The van der Waals surface area contributed by atoms with Gasteiger partial charge >= 0.3 is 6.03 Å². The molecule has 146 valence electrons. The van der Waals surface area contributed by atoms with Crippen molar-refractivity contribution in [1.29, 1.82) is 0 Å². The molecule has 2 aromatic rings. The predicted octanol–water partition coefficient (Wildman–Crippen LogP) is 3.94. The van der Waals surface area contributed by atoms with Crippen LogP contribution in [0.25, 0.3) is 0 Å². The molecule has 2 fully saturated rings. The van der Waals surface area contributed by atoms with E-state index < -0.39 is 0 Å². The summed E-state index contributed by atoms with van der Waals surface area (Å²) in [5.41, 5.74) is 3.01. The number of benzene rings is 2. The standard InChI is InChI=1S/C22H24ClN3O2/c1-15-8-10-16(11-9-15)13-25-20-18(6-4-12-24-20)21(27)26(22(25)28)14-17-5-2-3-7-19(17)23/h2-3,5,7-11,18,20,24H,4,6,12-14H2,1H3. The van der Waals surface area contributed by atoms with Gasteiger partial charge in [0, 0.05) is 11.6 Å². The second-order valence-electron chi connectivity index (χ2n) is 7.56. The van der Waals surface area contributed by atoms with E-state index in [4.69, 9.17) is 11.6 Å². The Labute approximate surface area is 170 Å². The Morgan fingerprint density at radius 1 is 1.07 bits per heavy atom. The zero-order chi connectivity index (χ0) is 19.7. The fraction of sp³-hybridized carbons (Fsp3) is 0.364. The summed E-state index contributed by atoms with van der Waals surface area (Å²) in [6.45, 7) is 3.53. The van der Waals surface area contributed by atoms with E-state index in [-0.39, 0.29) is 30.6 Å². The van der Waals surface area contributed by atoms with Crippen molar-refractivity contribution in [3.05, 3.63) is 70.2 Å². The van der Waals surface area contributed by atoms with Crippen molar-refractivity contribution in [3.8, 4) is 0 Å². The Hall–Kier alpha value is -2.37. The number of nitrogens with one attached hydrogen (secondary N) is 1. The first kappa shape index (κ1) is 19.0. The summed E-state index contributed by atoms with van der Waals surface area (Å²) in [5, 5.41) is 3.96. The first-order chi connectivity index (χ1) is 13.5. The third-order valence-electron chi connectivity index (χ3n) is 5.58. The van der Waals surface area contributed by atoms with Crippen molar-refractivity contribution in [2.75, 3.05) is 6.54 Å². The van der Waals surface area contributed by atoms with Gasteiger partial charge < -0.3 is 4.90 Å². The van der Waals surface area contributed by atoms with Crippen LogP contribution >= 0.6 is 11.6 Å². The Morgan fingerprint density at radius 3 is 2.57 bits per heavy atom. The molecule has 0 aliphatic carbocycles. The number of amides is 3. The topological polar surface area (TPSA) is 52.7 Å². The van der Waals surface area contributed by atoms with E-state index in [1.807, 2.05) is 49.4 Å². The molecule has 2 aromatic carbocycles. The number of piperidine rings is 1. The van der Waals surface area contributed by atoms with E-state index in [0.29, 0.717) is 11.6 Å². The molecule has 2 saturated heterocycles. The van der Waals surface area contributed by atoms with Gasteiger partial charge in [0.05, 0.1) is 18.6 Å². The highest BCUT2D eigenvalue weighted by molar-refractivity contribution is 6.31. The lowest BCUT2D eigenvalue weighted by Crippen LogP contribution is -2.66. The summed E-state index contributed by atoms with van der Waals surface area (Å²) in [6.07, 6.45) is 1.46. The van der Waals surface area contributed by atoms with Gasteiger partial charge in [0.2, 0.25) is 5.91 Å². The van der Waals surface area contributed by atoms with Crippen molar-refractivity contribution in [2.45, 2.75) is 39.0 Å². The third-order valence-corrected chi connectivity index (χ3v) is 5.95. The normalized spacial score (nSPS) is 22.4. The molecule has 0 spiro atoms. The number of carbonyl (C=O) groups is 2. The molecule has 2 aliphatic heterocycles. The highest BCUT2D eigenvalue weighted by atomic mass is 35.5. The van der Waals surface area contributed by atoms with Crippen LogP contribution in [0.2, 0.25) is 5.02 Å². The number of hydrogen-bond acceptors (Lipinski definition) is 3. The minimum absolute atomic E-state index is 0.109. The monoisotopic (exact) mass is 397 g/mol. The number of hydrogen-bond donors (Lipinski definition) is 1. The fourth-order valence-electron chi connectivity index (χ4n) is 4.03. The maximum absolute atomic E-state index is 13.3. The van der Waals surface area contributed by atoms with Gasteiger partial charge in [0.1, 0.15) is 0 Å². The second-order valence-corrected chi connectivity index (χ2v) is 7.97. The average Bonchev–Trinajstić information content (AvgIpc) is 2.71. The van der Waals surface area contributed by atoms with Gasteiger partial charge in [-0.3, -0.25) is 15.0 Å². The molecule has 5 nitrogen and oxygen atoms in total. The van der Waals surface area contributed by atoms with Crippen LogP contribution in [0.5, 0.6) is 0 Å². The van der Waals surface area contributed by atoms with Crippen LogP contribution in [-0.2, 0) is 17.9 Å². The van der Waals surface area contributed by atoms with Gasteiger partial charge in [0.15, 0.2) is 0 Å². The minimum Gasteiger partial charge on any atom is -0.304 e. The number of halogens is 1.